The van der Waals surface area contributed by atoms with Crippen LogP contribution in [0, 0.1) is 5.82 Å². The molecule has 8 heteroatoms. The molecule has 0 saturated heterocycles. The molecule has 27 heavy (non-hydrogen) atoms. The molecule has 2 aromatic heterocycles. The highest BCUT2D eigenvalue weighted by Crippen LogP contribution is 2.36. The Morgan fingerprint density at radius 2 is 2.15 bits per heavy atom. The molecule has 1 N–H and O–H groups in total. The maximum Gasteiger partial charge on any atom is 0.227 e. The molecule has 0 bridgehead atoms. The predicted molar refractivity (Wildman–Crippen MR) is 99.8 cm³/mol. The molecule has 0 radical (unpaired) electrons. The third-order valence-electron chi connectivity index (χ3n) is 4.34. The zero-order chi connectivity index (χ0) is 19.0. The first-order chi connectivity index (χ1) is 13.0. The molecule has 0 aliphatic carbocycles. The van der Waals surface area contributed by atoms with Gasteiger partial charge in [0.25, 0.3) is 0 Å². The SMILES string of the molecule is CC(=O)C1=C(C)Nc2nc(SCc3ccccc3F)nn2C1c1ccco1. The Morgan fingerprint density at radius 1 is 1.33 bits per heavy atom. The molecular weight excluding hydrogens is 367 g/mol. The number of anilines is 1. The Labute approximate surface area is 159 Å². The van der Waals surface area contributed by atoms with Crippen LogP contribution < -0.4 is 5.32 Å². The summed E-state index contributed by atoms with van der Waals surface area (Å²) in [4.78, 5) is 16.7. The topological polar surface area (TPSA) is 73.0 Å². The molecule has 6 nitrogen and oxygen atoms in total. The lowest BCUT2D eigenvalue weighted by molar-refractivity contribution is -0.114. The fourth-order valence-electron chi connectivity index (χ4n) is 3.12. The van der Waals surface area contributed by atoms with Crippen LogP contribution in [-0.4, -0.2) is 20.5 Å². The van der Waals surface area contributed by atoms with Crippen molar-refractivity contribution in [3.05, 3.63) is 71.1 Å². The molecule has 1 aliphatic heterocycles. The third-order valence-corrected chi connectivity index (χ3v) is 5.23. The van der Waals surface area contributed by atoms with E-state index in [2.05, 4.69) is 15.4 Å². The van der Waals surface area contributed by atoms with Gasteiger partial charge in [-0.3, -0.25) is 4.79 Å². The Morgan fingerprint density at radius 3 is 2.85 bits per heavy atom. The molecule has 4 rings (SSSR count). The fraction of sp³-hybridized carbons (Fsp3) is 0.211. The zero-order valence-electron chi connectivity index (χ0n) is 14.8. The predicted octanol–water partition coefficient (Wildman–Crippen LogP) is 4.18. The van der Waals surface area contributed by atoms with Gasteiger partial charge in [-0.25, -0.2) is 9.07 Å². The molecular formula is C19H17FN4O2S. The van der Waals surface area contributed by atoms with Crippen molar-refractivity contribution in [2.45, 2.75) is 30.8 Å². The number of aromatic nitrogens is 3. The number of benzene rings is 1. The van der Waals surface area contributed by atoms with Crippen molar-refractivity contribution in [3.63, 3.8) is 0 Å². The molecule has 1 atom stereocenters. The van der Waals surface area contributed by atoms with E-state index >= 15 is 0 Å². The zero-order valence-corrected chi connectivity index (χ0v) is 15.6. The van der Waals surface area contributed by atoms with E-state index in [4.69, 9.17) is 4.42 Å². The van der Waals surface area contributed by atoms with E-state index in [1.54, 1.807) is 35.2 Å². The van der Waals surface area contributed by atoms with E-state index in [0.717, 1.165) is 5.70 Å². The minimum atomic E-state index is -0.482. The van der Waals surface area contributed by atoms with Crippen LogP contribution in [0.2, 0.25) is 0 Å². The van der Waals surface area contributed by atoms with Crippen LogP contribution in [0.3, 0.4) is 0 Å². The number of fused-ring (bicyclic) bond motifs is 1. The van der Waals surface area contributed by atoms with E-state index in [9.17, 15) is 9.18 Å². The van der Waals surface area contributed by atoms with Crippen molar-refractivity contribution in [2.75, 3.05) is 5.32 Å². The minimum Gasteiger partial charge on any atom is -0.467 e. The van der Waals surface area contributed by atoms with Gasteiger partial charge in [-0.2, -0.15) is 4.98 Å². The highest BCUT2D eigenvalue weighted by molar-refractivity contribution is 7.98. The summed E-state index contributed by atoms with van der Waals surface area (Å²) >= 11 is 1.33. The number of rotatable bonds is 5. The van der Waals surface area contributed by atoms with E-state index < -0.39 is 6.04 Å². The monoisotopic (exact) mass is 384 g/mol. The van der Waals surface area contributed by atoms with Gasteiger partial charge in [0.05, 0.1) is 6.26 Å². The van der Waals surface area contributed by atoms with E-state index in [1.165, 1.54) is 24.8 Å². The van der Waals surface area contributed by atoms with Crippen molar-refractivity contribution < 1.29 is 13.6 Å². The molecule has 3 aromatic rings. The van der Waals surface area contributed by atoms with Crippen molar-refractivity contribution in [1.82, 2.24) is 14.8 Å². The number of thioether (sulfide) groups is 1. The van der Waals surface area contributed by atoms with Gasteiger partial charge in [-0.05, 0) is 37.6 Å². The number of hydrogen-bond acceptors (Lipinski definition) is 6. The van der Waals surface area contributed by atoms with E-state index in [-0.39, 0.29) is 11.6 Å². The number of nitrogens with one attached hydrogen (secondary N) is 1. The quantitative estimate of drug-likeness (QED) is 0.665. The van der Waals surface area contributed by atoms with Gasteiger partial charge in [0, 0.05) is 17.0 Å². The summed E-state index contributed by atoms with van der Waals surface area (Å²) < 4.78 is 21.0. The summed E-state index contributed by atoms with van der Waals surface area (Å²) in [6.45, 7) is 3.35. The van der Waals surface area contributed by atoms with Crippen LogP contribution >= 0.6 is 11.8 Å². The first-order valence-corrected chi connectivity index (χ1v) is 9.38. The lowest BCUT2D eigenvalue weighted by Crippen LogP contribution is -2.27. The van der Waals surface area contributed by atoms with Crippen molar-refractivity contribution in [1.29, 1.82) is 0 Å². The summed E-state index contributed by atoms with van der Waals surface area (Å²) in [6.07, 6.45) is 1.56. The second-order valence-corrected chi connectivity index (χ2v) is 7.12. The summed E-state index contributed by atoms with van der Waals surface area (Å²) in [5, 5.41) is 8.16. The lowest BCUT2D eigenvalue weighted by atomic mass is 9.98. The normalized spacial score (nSPS) is 16.2. The van der Waals surface area contributed by atoms with Gasteiger partial charge in [0.15, 0.2) is 5.78 Å². The Balaban J connectivity index is 1.67. The highest BCUT2D eigenvalue weighted by Gasteiger charge is 2.34. The second kappa shape index (κ2) is 7.03. The Kier molecular flexibility index (Phi) is 4.57. The number of halogens is 1. The van der Waals surface area contributed by atoms with Crippen LogP contribution in [0.1, 0.15) is 31.2 Å². The lowest BCUT2D eigenvalue weighted by Gasteiger charge is -2.26. The average Bonchev–Trinajstić information content (AvgIpc) is 3.29. The van der Waals surface area contributed by atoms with Crippen molar-refractivity contribution in [3.8, 4) is 0 Å². The molecule has 0 spiro atoms. The van der Waals surface area contributed by atoms with Crippen LogP contribution in [0.25, 0.3) is 0 Å². The smallest absolute Gasteiger partial charge is 0.227 e. The molecule has 0 amide bonds. The standard InChI is InChI=1S/C19H17FN4O2S/c1-11-16(12(2)25)17(15-8-5-9-26-15)24-18(21-11)22-19(23-24)27-10-13-6-3-4-7-14(13)20/h3-9,17H,10H2,1-2H3,(H,21,22,23). The van der Waals surface area contributed by atoms with Gasteiger partial charge in [0.1, 0.15) is 17.6 Å². The number of hydrogen-bond donors (Lipinski definition) is 1. The molecule has 0 saturated carbocycles. The summed E-state index contributed by atoms with van der Waals surface area (Å²) in [6, 6.07) is 9.73. The molecule has 138 valence electrons. The van der Waals surface area contributed by atoms with E-state index in [0.29, 0.717) is 33.8 Å². The van der Waals surface area contributed by atoms with Gasteiger partial charge < -0.3 is 9.73 Å². The van der Waals surface area contributed by atoms with Crippen LogP contribution in [0.5, 0.6) is 0 Å². The number of nitrogens with zero attached hydrogens (tertiary/aromatic N) is 3. The number of carbonyl (C=O) groups excluding carboxylic acids is 1. The van der Waals surface area contributed by atoms with Crippen LogP contribution in [0.4, 0.5) is 10.3 Å². The highest BCUT2D eigenvalue weighted by atomic mass is 32.2. The summed E-state index contributed by atoms with van der Waals surface area (Å²) in [5.74, 6) is 1.22. The summed E-state index contributed by atoms with van der Waals surface area (Å²) in [5.41, 5.74) is 1.88. The average molecular weight is 384 g/mol. The molecule has 0 fully saturated rings. The van der Waals surface area contributed by atoms with E-state index in [1.807, 2.05) is 13.0 Å². The summed E-state index contributed by atoms with van der Waals surface area (Å²) in [7, 11) is 0. The Hall–Kier alpha value is -2.87. The van der Waals surface area contributed by atoms with Crippen molar-refractivity contribution in [2.24, 2.45) is 0 Å². The second-order valence-electron chi connectivity index (χ2n) is 6.18. The maximum absolute atomic E-state index is 13.8. The first kappa shape index (κ1) is 17.5. The number of carbonyl (C=O) groups is 1. The number of furan rings is 1. The number of allylic oxidation sites excluding steroid dienone is 2. The third kappa shape index (κ3) is 3.28. The molecule has 1 aliphatic rings. The van der Waals surface area contributed by atoms with Gasteiger partial charge in [0.2, 0.25) is 11.1 Å². The number of ketones is 1. The van der Waals surface area contributed by atoms with Gasteiger partial charge >= 0.3 is 0 Å². The minimum absolute atomic E-state index is 0.0666. The van der Waals surface area contributed by atoms with Gasteiger partial charge in [-0.15, -0.1) is 5.10 Å². The van der Waals surface area contributed by atoms with Crippen LogP contribution in [0.15, 0.2) is 63.5 Å². The Bertz CT molecular complexity index is 1030. The molecule has 3 heterocycles. The largest absolute Gasteiger partial charge is 0.467 e. The first-order valence-electron chi connectivity index (χ1n) is 8.39. The number of Topliss-reactive ketones (excluding diaryl/α,β-unsaturated/α-hetero) is 1. The molecule has 1 unspecified atom stereocenters. The van der Waals surface area contributed by atoms with Crippen molar-refractivity contribution >= 4 is 23.5 Å². The van der Waals surface area contributed by atoms with Gasteiger partial charge in [-0.1, -0.05) is 30.0 Å². The fourth-order valence-corrected chi connectivity index (χ4v) is 3.93. The maximum atomic E-state index is 13.8. The van der Waals surface area contributed by atoms with Crippen LogP contribution in [-0.2, 0) is 10.5 Å². The molecule has 1 aromatic carbocycles.